The summed E-state index contributed by atoms with van der Waals surface area (Å²) in [5, 5.41) is 19.4. The van der Waals surface area contributed by atoms with Crippen LogP contribution in [-0.2, 0) is 22.6 Å². The average molecular weight is 712 g/mol. The van der Waals surface area contributed by atoms with Crippen LogP contribution in [0.3, 0.4) is 0 Å². The number of esters is 1. The van der Waals surface area contributed by atoms with Gasteiger partial charge in [-0.15, -0.1) is 0 Å². The van der Waals surface area contributed by atoms with Crippen LogP contribution in [0.2, 0.25) is 5.02 Å². The lowest BCUT2D eigenvalue weighted by atomic mass is 9.89. The SMILES string of the molecule is CCOC(=O)C1CN(Cc2c(OC)cc(-n3ncc4c(-c5cccc(-c6ccc(CNC7CC(O)C7)c(OC)n6)c5Cl)cccc43)cc2OC)C1. The fourth-order valence-corrected chi connectivity index (χ4v) is 7.27. The number of methoxy groups -OCH3 is 3. The molecule has 0 amide bonds. The maximum atomic E-state index is 12.1. The van der Waals surface area contributed by atoms with E-state index in [0.29, 0.717) is 66.9 Å². The molecule has 0 spiro atoms. The van der Waals surface area contributed by atoms with Crippen LogP contribution in [0, 0.1) is 5.92 Å². The zero-order valence-electron chi connectivity index (χ0n) is 29.2. The summed E-state index contributed by atoms with van der Waals surface area (Å²) in [7, 11) is 4.90. The van der Waals surface area contributed by atoms with Crippen LogP contribution in [0.25, 0.3) is 39.0 Å². The summed E-state index contributed by atoms with van der Waals surface area (Å²) < 4.78 is 24.4. The van der Waals surface area contributed by atoms with Crippen molar-refractivity contribution < 1.29 is 28.8 Å². The molecule has 5 aromatic rings. The number of hydrogen-bond donors (Lipinski definition) is 2. The summed E-state index contributed by atoms with van der Waals surface area (Å²) in [6.45, 7) is 4.64. The molecule has 12 heteroatoms. The molecule has 51 heavy (non-hydrogen) atoms. The Kier molecular flexibility index (Phi) is 10.1. The number of aromatic nitrogens is 3. The number of halogens is 1. The van der Waals surface area contributed by atoms with E-state index in [0.717, 1.165) is 57.2 Å². The van der Waals surface area contributed by atoms with E-state index in [2.05, 4.69) is 10.2 Å². The van der Waals surface area contributed by atoms with Gasteiger partial charge >= 0.3 is 5.97 Å². The van der Waals surface area contributed by atoms with Gasteiger partial charge in [0.15, 0.2) is 0 Å². The van der Waals surface area contributed by atoms with Crippen LogP contribution in [0.5, 0.6) is 17.4 Å². The molecule has 3 aromatic carbocycles. The van der Waals surface area contributed by atoms with Crippen molar-refractivity contribution in [1.29, 1.82) is 0 Å². The third kappa shape index (κ3) is 6.86. The number of carbonyl (C=O) groups excluding carboxylic acids is 1. The number of likely N-dealkylation sites (tertiary alicyclic amines) is 1. The summed E-state index contributed by atoms with van der Waals surface area (Å²) >= 11 is 7.17. The van der Waals surface area contributed by atoms with E-state index < -0.39 is 0 Å². The van der Waals surface area contributed by atoms with Crippen molar-refractivity contribution >= 4 is 28.5 Å². The summed E-state index contributed by atoms with van der Waals surface area (Å²) in [6, 6.07) is 20.2. The van der Waals surface area contributed by atoms with Gasteiger partial charge in [0.25, 0.3) is 0 Å². The predicted molar refractivity (Wildman–Crippen MR) is 196 cm³/mol. The van der Waals surface area contributed by atoms with Crippen LogP contribution >= 0.6 is 11.6 Å². The van der Waals surface area contributed by atoms with Crippen LogP contribution in [0.1, 0.15) is 30.9 Å². The molecule has 1 aliphatic heterocycles. The molecule has 7 rings (SSSR count). The Labute approximate surface area is 302 Å². The van der Waals surface area contributed by atoms with Crippen molar-refractivity contribution in [1.82, 2.24) is 25.0 Å². The van der Waals surface area contributed by atoms with Gasteiger partial charge in [-0.2, -0.15) is 5.10 Å². The molecule has 2 aliphatic rings. The highest BCUT2D eigenvalue weighted by molar-refractivity contribution is 6.36. The number of aliphatic hydroxyl groups is 1. The second-order valence-electron chi connectivity index (χ2n) is 13.0. The first-order chi connectivity index (χ1) is 24.8. The number of nitrogens with one attached hydrogen (secondary N) is 1. The Morgan fingerprint density at radius 3 is 2.35 bits per heavy atom. The molecule has 1 saturated carbocycles. The number of pyridine rings is 1. The summed E-state index contributed by atoms with van der Waals surface area (Å²) in [5.74, 6) is 1.62. The molecule has 2 aromatic heterocycles. The molecule has 2 N–H and O–H groups in total. The zero-order valence-corrected chi connectivity index (χ0v) is 29.9. The molecular formula is C39H42ClN5O6. The fraction of sp³-hybridized carbons (Fsp3) is 0.359. The first-order valence-corrected chi connectivity index (χ1v) is 17.5. The van der Waals surface area contributed by atoms with Crippen molar-refractivity contribution in [2.24, 2.45) is 5.92 Å². The first-order valence-electron chi connectivity index (χ1n) is 17.2. The van der Waals surface area contributed by atoms with Crippen molar-refractivity contribution in [3.05, 3.63) is 83.0 Å². The number of ether oxygens (including phenoxy) is 4. The average Bonchev–Trinajstić information content (AvgIpc) is 3.55. The highest BCUT2D eigenvalue weighted by Crippen LogP contribution is 2.41. The van der Waals surface area contributed by atoms with Crippen molar-refractivity contribution in [3.63, 3.8) is 0 Å². The molecule has 2 fully saturated rings. The van der Waals surface area contributed by atoms with Gasteiger partial charge in [-0.05, 0) is 37.5 Å². The van der Waals surface area contributed by atoms with Gasteiger partial charge in [0.2, 0.25) is 5.88 Å². The maximum Gasteiger partial charge on any atom is 0.311 e. The summed E-state index contributed by atoms with van der Waals surface area (Å²) in [6.07, 6.45) is 3.15. The Balaban J connectivity index is 1.17. The second kappa shape index (κ2) is 14.9. The van der Waals surface area contributed by atoms with Crippen molar-refractivity contribution in [2.75, 3.05) is 41.0 Å². The van der Waals surface area contributed by atoms with Crippen LogP contribution < -0.4 is 19.5 Å². The van der Waals surface area contributed by atoms with Crippen LogP contribution in [0.4, 0.5) is 0 Å². The van der Waals surface area contributed by atoms with E-state index in [4.69, 9.17) is 40.6 Å². The van der Waals surface area contributed by atoms with Gasteiger partial charge in [0.05, 0.1) is 73.6 Å². The van der Waals surface area contributed by atoms with Crippen molar-refractivity contribution in [2.45, 2.75) is 45.0 Å². The Hall–Kier alpha value is -4.68. The predicted octanol–water partition coefficient (Wildman–Crippen LogP) is 6.04. The minimum absolute atomic E-state index is 0.110. The summed E-state index contributed by atoms with van der Waals surface area (Å²) in [5.41, 5.74) is 6.81. The zero-order chi connectivity index (χ0) is 35.6. The molecule has 0 atom stereocenters. The van der Waals surface area contributed by atoms with Crippen molar-refractivity contribution in [3.8, 4) is 45.5 Å². The smallest absolute Gasteiger partial charge is 0.311 e. The number of hydrogen-bond acceptors (Lipinski definition) is 10. The van der Waals surface area contributed by atoms with E-state index in [9.17, 15) is 9.90 Å². The van der Waals surface area contributed by atoms with Gasteiger partial charge in [-0.1, -0.05) is 48.0 Å². The number of nitrogens with zero attached hydrogens (tertiary/aromatic N) is 4. The fourth-order valence-electron chi connectivity index (χ4n) is 6.95. The van der Waals surface area contributed by atoms with Gasteiger partial charge < -0.3 is 29.4 Å². The minimum Gasteiger partial charge on any atom is -0.496 e. The lowest BCUT2D eigenvalue weighted by Crippen LogP contribution is -2.50. The Morgan fingerprint density at radius 1 is 0.961 bits per heavy atom. The van der Waals surface area contributed by atoms with Crippen LogP contribution in [-0.4, -0.2) is 83.9 Å². The third-order valence-electron chi connectivity index (χ3n) is 9.80. The van der Waals surface area contributed by atoms with Gasteiger partial charge in [-0.25, -0.2) is 9.67 Å². The standard InChI is InChI=1S/C39H42ClN5O6/c1-5-51-39(47)24-20-44(21-24)22-32-35(48-2)16-26(17-36(32)49-3)45-34-11-7-8-28(31(34)19-42-45)29-9-6-10-30(37(29)40)33-13-12-23(38(43-33)50-4)18-41-25-14-27(46)15-25/h6-13,16-17,19,24-25,27,41,46H,5,14-15,18,20-22H2,1-4H3. The monoisotopic (exact) mass is 711 g/mol. The lowest BCUT2D eigenvalue weighted by molar-refractivity contribution is -0.154. The Morgan fingerprint density at radius 2 is 1.67 bits per heavy atom. The molecular weight excluding hydrogens is 670 g/mol. The molecule has 266 valence electrons. The van der Waals surface area contributed by atoms with Gasteiger partial charge in [-0.3, -0.25) is 9.69 Å². The van der Waals surface area contributed by atoms with Gasteiger partial charge in [0.1, 0.15) is 11.5 Å². The number of fused-ring (bicyclic) bond motifs is 1. The molecule has 0 unspecified atom stereocenters. The minimum atomic E-state index is -0.214. The van der Waals surface area contributed by atoms with E-state index in [-0.39, 0.29) is 18.0 Å². The highest BCUT2D eigenvalue weighted by atomic mass is 35.5. The third-order valence-corrected chi connectivity index (χ3v) is 10.2. The number of carbonyl (C=O) groups is 1. The molecule has 1 aliphatic carbocycles. The maximum absolute atomic E-state index is 12.1. The topological polar surface area (TPSA) is 120 Å². The number of aliphatic hydroxyl groups excluding tert-OH is 1. The molecule has 1 saturated heterocycles. The number of rotatable bonds is 13. The highest BCUT2D eigenvalue weighted by Gasteiger charge is 2.35. The molecule has 0 bridgehead atoms. The molecule has 11 nitrogen and oxygen atoms in total. The normalized spacial score (nSPS) is 17.5. The van der Waals surface area contributed by atoms with Gasteiger partial charge in [0, 0.05) is 66.4 Å². The van der Waals surface area contributed by atoms with E-state index >= 15 is 0 Å². The Bertz CT molecular complexity index is 2030. The summed E-state index contributed by atoms with van der Waals surface area (Å²) in [4.78, 5) is 19.1. The quantitative estimate of drug-likeness (QED) is 0.140. The molecule has 3 heterocycles. The lowest BCUT2D eigenvalue weighted by Gasteiger charge is -2.38. The number of benzene rings is 3. The second-order valence-corrected chi connectivity index (χ2v) is 13.4. The first kappa shape index (κ1) is 34.8. The van der Waals surface area contributed by atoms with E-state index in [1.54, 1.807) is 21.3 Å². The molecule has 0 radical (unpaired) electrons. The van der Waals surface area contributed by atoms with Crippen LogP contribution in [0.15, 0.2) is 66.9 Å². The largest absolute Gasteiger partial charge is 0.496 e. The van der Waals surface area contributed by atoms with E-state index in [1.807, 2.05) is 78.5 Å². The van der Waals surface area contributed by atoms with E-state index in [1.165, 1.54) is 0 Å².